The number of benzene rings is 1. The van der Waals surface area contributed by atoms with Gasteiger partial charge in [-0.2, -0.15) is 0 Å². The highest BCUT2D eigenvalue weighted by atomic mass is 16.5. The summed E-state index contributed by atoms with van der Waals surface area (Å²) >= 11 is 0. The van der Waals surface area contributed by atoms with E-state index >= 15 is 0 Å². The summed E-state index contributed by atoms with van der Waals surface area (Å²) in [6.45, 7) is 5.37. The van der Waals surface area contributed by atoms with E-state index in [1.165, 1.54) is 6.07 Å². The number of phenols is 1. The molecule has 2 rings (SSSR count). The molecule has 0 bridgehead atoms. The van der Waals surface area contributed by atoms with Gasteiger partial charge in [0.2, 0.25) is 0 Å². The van der Waals surface area contributed by atoms with Gasteiger partial charge in [-0.3, -0.25) is 4.79 Å². The summed E-state index contributed by atoms with van der Waals surface area (Å²) in [5, 5.41) is 12.3. The number of carbonyl (C=O) groups excluding carboxylic acids is 1. The van der Waals surface area contributed by atoms with Crippen LogP contribution in [0.15, 0.2) is 18.2 Å². The van der Waals surface area contributed by atoms with Crippen LogP contribution in [0.25, 0.3) is 0 Å². The van der Waals surface area contributed by atoms with Gasteiger partial charge in [0.25, 0.3) is 5.91 Å². The Kier molecular flexibility index (Phi) is 4.43. The number of hydrogen-bond acceptors (Lipinski definition) is 3. The molecular weight excluding hydrogens is 242 g/mol. The zero-order chi connectivity index (χ0) is 13.8. The zero-order valence-corrected chi connectivity index (χ0v) is 11.5. The third-order valence-electron chi connectivity index (χ3n) is 3.73. The van der Waals surface area contributed by atoms with E-state index < -0.39 is 0 Å². The summed E-state index contributed by atoms with van der Waals surface area (Å²) in [7, 11) is 0. The van der Waals surface area contributed by atoms with Crippen LogP contribution in [0.5, 0.6) is 5.75 Å². The van der Waals surface area contributed by atoms with Gasteiger partial charge in [0.05, 0.1) is 6.10 Å². The Bertz CT molecular complexity index is 459. The fourth-order valence-corrected chi connectivity index (χ4v) is 2.60. The van der Waals surface area contributed by atoms with Gasteiger partial charge in [0, 0.05) is 24.6 Å². The fraction of sp³-hybridized carbons (Fsp3) is 0.533. The lowest BCUT2D eigenvalue weighted by Gasteiger charge is -2.17. The van der Waals surface area contributed by atoms with E-state index in [1.54, 1.807) is 12.1 Å². The van der Waals surface area contributed by atoms with Crippen LogP contribution in [0.1, 0.15) is 35.7 Å². The van der Waals surface area contributed by atoms with Crippen LogP contribution in [0, 0.1) is 12.8 Å². The number of phenolic OH excluding ortho intramolecular Hbond substituents is 1. The lowest BCUT2D eigenvalue weighted by molar-refractivity contribution is 0.0826. The van der Waals surface area contributed by atoms with Crippen molar-refractivity contribution in [2.24, 2.45) is 5.92 Å². The molecule has 0 aromatic heterocycles. The predicted molar refractivity (Wildman–Crippen MR) is 73.3 cm³/mol. The molecular formula is C15H21NO3. The molecule has 1 heterocycles. The molecule has 0 spiro atoms. The molecule has 0 saturated carbocycles. The molecule has 4 nitrogen and oxygen atoms in total. The van der Waals surface area contributed by atoms with Crippen molar-refractivity contribution in [1.82, 2.24) is 5.32 Å². The number of rotatable bonds is 4. The topological polar surface area (TPSA) is 58.6 Å². The molecule has 4 heteroatoms. The molecule has 0 aliphatic carbocycles. The molecule has 2 unspecified atom stereocenters. The highest BCUT2D eigenvalue weighted by molar-refractivity contribution is 5.95. The zero-order valence-electron chi connectivity index (χ0n) is 11.5. The number of ether oxygens (including phenoxy) is 1. The molecule has 1 aliphatic rings. The van der Waals surface area contributed by atoms with Crippen molar-refractivity contribution in [2.75, 3.05) is 13.2 Å². The van der Waals surface area contributed by atoms with Crippen LogP contribution in [0.3, 0.4) is 0 Å². The van der Waals surface area contributed by atoms with Gasteiger partial charge in [0.1, 0.15) is 5.75 Å². The fourth-order valence-electron chi connectivity index (χ4n) is 2.60. The Morgan fingerprint density at radius 1 is 1.53 bits per heavy atom. The number of aryl methyl sites for hydroxylation is 1. The maximum Gasteiger partial charge on any atom is 0.251 e. The van der Waals surface area contributed by atoms with Crippen LogP contribution in [-0.4, -0.2) is 30.3 Å². The Labute approximate surface area is 113 Å². The first kappa shape index (κ1) is 13.9. The van der Waals surface area contributed by atoms with Crippen molar-refractivity contribution < 1.29 is 14.6 Å². The molecule has 1 fully saturated rings. The molecule has 2 atom stereocenters. The van der Waals surface area contributed by atoms with Gasteiger partial charge in [0.15, 0.2) is 0 Å². The van der Waals surface area contributed by atoms with Gasteiger partial charge in [-0.05, 0) is 43.5 Å². The number of carbonyl (C=O) groups is 1. The van der Waals surface area contributed by atoms with Crippen LogP contribution in [0.4, 0.5) is 0 Å². The smallest absolute Gasteiger partial charge is 0.251 e. The average molecular weight is 263 g/mol. The second kappa shape index (κ2) is 6.06. The van der Waals surface area contributed by atoms with Crippen molar-refractivity contribution in [2.45, 2.75) is 32.8 Å². The molecule has 1 aromatic rings. The summed E-state index contributed by atoms with van der Waals surface area (Å²) in [5.74, 6) is 0.509. The highest BCUT2D eigenvalue weighted by Crippen LogP contribution is 2.23. The number of nitrogens with one attached hydrogen (secondary N) is 1. The third kappa shape index (κ3) is 3.26. The number of aromatic hydroxyl groups is 1. The third-order valence-corrected chi connectivity index (χ3v) is 3.73. The van der Waals surface area contributed by atoms with Gasteiger partial charge in [-0.25, -0.2) is 0 Å². The van der Waals surface area contributed by atoms with Gasteiger partial charge in [-0.1, -0.05) is 6.92 Å². The van der Waals surface area contributed by atoms with E-state index in [-0.39, 0.29) is 17.8 Å². The summed E-state index contributed by atoms with van der Waals surface area (Å²) < 4.78 is 5.61. The maximum absolute atomic E-state index is 12.1. The largest absolute Gasteiger partial charge is 0.508 e. The Morgan fingerprint density at radius 3 is 3.00 bits per heavy atom. The quantitative estimate of drug-likeness (QED) is 0.876. The first-order valence-electron chi connectivity index (χ1n) is 6.81. The molecule has 104 valence electrons. The monoisotopic (exact) mass is 263 g/mol. The van der Waals surface area contributed by atoms with Crippen molar-refractivity contribution >= 4 is 5.91 Å². The van der Waals surface area contributed by atoms with Crippen molar-refractivity contribution in [3.8, 4) is 5.75 Å². The maximum atomic E-state index is 12.1. The molecule has 2 N–H and O–H groups in total. The first-order valence-corrected chi connectivity index (χ1v) is 6.81. The predicted octanol–water partition coefficient (Wildman–Crippen LogP) is 2.25. The van der Waals surface area contributed by atoms with E-state index in [0.29, 0.717) is 18.0 Å². The van der Waals surface area contributed by atoms with E-state index in [0.717, 1.165) is 25.0 Å². The van der Waals surface area contributed by atoms with Crippen molar-refractivity contribution in [3.63, 3.8) is 0 Å². The van der Waals surface area contributed by atoms with E-state index in [4.69, 9.17) is 4.74 Å². The Balaban J connectivity index is 1.94. The van der Waals surface area contributed by atoms with E-state index in [2.05, 4.69) is 12.2 Å². The van der Waals surface area contributed by atoms with Crippen LogP contribution >= 0.6 is 0 Å². The summed E-state index contributed by atoms with van der Waals surface area (Å²) in [6.07, 6.45) is 2.26. The minimum Gasteiger partial charge on any atom is -0.508 e. The second-order valence-corrected chi connectivity index (χ2v) is 5.08. The van der Waals surface area contributed by atoms with Gasteiger partial charge >= 0.3 is 0 Å². The highest BCUT2D eigenvalue weighted by Gasteiger charge is 2.27. The molecule has 1 aromatic carbocycles. The van der Waals surface area contributed by atoms with Crippen molar-refractivity contribution in [1.29, 1.82) is 0 Å². The Hall–Kier alpha value is -1.55. The van der Waals surface area contributed by atoms with Gasteiger partial charge in [-0.15, -0.1) is 0 Å². The molecule has 19 heavy (non-hydrogen) atoms. The standard InChI is InChI=1S/C15H21NO3/c1-3-14-11(6-7-19-14)9-16-15(18)13-5-4-12(17)8-10(13)2/h4-5,8,11,14,17H,3,6-7,9H2,1-2H3,(H,16,18). The first-order chi connectivity index (χ1) is 9.11. The number of amides is 1. The number of hydrogen-bond donors (Lipinski definition) is 2. The van der Waals surface area contributed by atoms with E-state index in [9.17, 15) is 9.90 Å². The molecule has 1 aliphatic heterocycles. The normalized spacial score (nSPS) is 22.4. The summed E-state index contributed by atoms with van der Waals surface area (Å²) in [6, 6.07) is 4.79. The second-order valence-electron chi connectivity index (χ2n) is 5.08. The lowest BCUT2D eigenvalue weighted by Crippen LogP contribution is -2.33. The molecule has 0 radical (unpaired) electrons. The minimum absolute atomic E-state index is 0.0840. The minimum atomic E-state index is -0.0840. The Morgan fingerprint density at radius 2 is 2.32 bits per heavy atom. The molecule has 1 amide bonds. The lowest BCUT2D eigenvalue weighted by atomic mass is 9.99. The van der Waals surface area contributed by atoms with Crippen LogP contribution in [-0.2, 0) is 4.74 Å². The van der Waals surface area contributed by atoms with Crippen molar-refractivity contribution in [3.05, 3.63) is 29.3 Å². The summed E-state index contributed by atoms with van der Waals surface area (Å²) in [4.78, 5) is 12.1. The van der Waals surface area contributed by atoms with Crippen LogP contribution < -0.4 is 5.32 Å². The summed E-state index contributed by atoms with van der Waals surface area (Å²) in [5.41, 5.74) is 1.40. The van der Waals surface area contributed by atoms with Gasteiger partial charge < -0.3 is 15.2 Å². The average Bonchev–Trinajstić information content (AvgIpc) is 2.83. The molecule has 1 saturated heterocycles. The SMILES string of the molecule is CCC1OCCC1CNC(=O)c1ccc(O)cc1C. The van der Waals surface area contributed by atoms with Crippen LogP contribution in [0.2, 0.25) is 0 Å². The van der Waals surface area contributed by atoms with E-state index in [1.807, 2.05) is 6.92 Å².